The fourth-order valence-electron chi connectivity index (χ4n) is 4.40. The first kappa shape index (κ1) is 18.7. The molecule has 0 bridgehead atoms. The smallest absolute Gasteiger partial charge is 0.145 e. The standard InChI is InChI=1S/C24H27N5O/c1-16-5-7-17(8-6-16)14-29-15-21(30)22(23(29)25)24-26-19-10-9-18(13-20(19)27-24)28-11-3-2-4-12-28/h5-10,13,25,30H,2-4,11-12,14-15H2,1H3,(H,26,27). The fraction of sp³-hybridized carbons (Fsp3) is 0.333. The normalized spacial score (nSPS) is 17.4. The Hall–Kier alpha value is -3.28. The maximum Gasteiger partial charge on any atom is 0.145 e. The number of piperidine rings is 1. The number of imidazole rings is 1. The maximum atomic E-state index is 10.6. The number of hydrogen-bond acceptors (Lipinski definition) is 4. The predicted molar refractivity (Wildman–Crippen MR) is 121 cm³/mol. The summed E-state index contributed by atoms with van der Waals surface area (Å²) in [6.07, 6.45) is 3.78. The molecule has 2 aromatic carbocycles. The zero-order valence-electron chi connectivity index (χ0n) is 17.3. The van der Waals surface area contributed by atoms with E-state index < -0.39 is 0 Å². The van der Waals surface area contributed by atoms with E-state index in [1.807, 2.05) is 11.0 Å². The number of aromatic amines is 1. The highest BCUT2D eigenvalue weighted by Gasteiger charge is 2.30. The van der Waals surface area contributed by atoms with Crippen LogP contribution in [0, 0.1) is 12.3 Å². The van der Waals surface area contributed by atoms with E-state index in [0.29, 0.717) is 30.3 Å². The van der Waals surface area contributed by atoms with Crippen LogP contribution in [0.2, 0.25) is 0 Å². The Morgan fingerprint density at radius 2 is 1.83 bits per heavy atom. The van der Waals surface area contributed by atoms with Gasteiger partial charge in [-0.2, -0.15) is 0 Å². The summed E-state index contributed by atoms with van der Waals surface area (Å²) in [5.74, 6) is 1.07. The van der Waals surface area contributed by atoms with Crippen LogP contribution in [0.5, 0.6) is 0 Å². The van der Waals surface area contributed by atoms with Gasteiger partial charge in [0.2, 0.25) is 0 Å². The zero-order chi connectivity index (χ0) is 20.7. The van der Waals surface area contributed by atoms with Crippen LogP contribution in [-0.2, 0) is 6.54 Å². The van der Waals surface area contributed by atoms with Crippen LogP contribution >= 0.6 is 0 Å². The monoisotopic (exact) mass is 401 g/mol. The molecule has 154 valence electrons. The number of fused-ring (bicyclic) bond motifs is 1. The summed E-state index contributed by atoms with van der Waals surface area (Å²) in [5, 5.41) is 19.3. The van der Waals surface area contributed by atoms with Crippen LogP contribution < -0.4 is 4.90 Å². The largest absolute Gasteiger partial charge is 0.510 e. The van der Waals surface area contributed by atoms with Crippen molar-refractivity contribution >= 4 is 28.1 Å². The lowest BCUT2D eigenvalue weighted by Crippen LogP contribution is -2.29. The molecule has 0 saturated carbocycles. The van der Waals surface area contributed by atoms with Crippen molar-refractivity contribution < 1.29 is 5.11 Å². The summed E-state index contributed by atoms with van der Waals surface area (Å²) in [6.45, 7) is 5.17. The quantitative estimate of drug-likeness (QED) is 0.596. The number of aliphatic hydroxyl groups excluding tert-OH is 1. The van der Waals surface area contributed by atoms with Crippen LogP contribution in [0.3, 0.4) is 0 Å². The third-order valence-electron chi connectivity index (χ3n) is 6.10. The SMILES string of the molecule is Cc1ccc(CN2CC(O)=C(c3nc4ccc(N5CCCCC5)cc4[nH]3)C2=N)cc1. The van der Waals surface area contributed by atoms with E-state index in [1.165, 1.54) is 30.5 Å². The Bertz CT molecular complexity index is 1120. The molecular formula is C24H27N5O. The Balaban J connectivity index is 1.39. The van der Waals surface area contributed by atoms with E-state index in [2.05, 4.69) is 58.2 Å². The minimum absolute atomic E-state index is 0.197. The number of H-pyrrole nitrogens is 1. The molecular weight excluding hydrogens is 374 g/mol. The lowest BCUT2D eigenvalue weighted by molar-refractivity contribution is 0.347. The molecule has 6 nitrogen and oxygen atoms in total. The molecule has 0 atom stereocenters. The van der Waals surface area contributed by atoms with E-state index in [1.54, 1.807) is 0 Å². The third-order valence-corrected chi connectivity index (χ3v) is 6.10. The van der Waals surface area contributed by atoms with Gasteiger partial charge in [0.15, 0.2) is 0 Å². The number of hydrogen-bond donors (Lipinski definition) is 3. The molecule has 1 aromatic heterocycles. The number of nitrogens with zero attached hydrogens (tertiary/aromatic N) is 3. The summed E-state index contributed by atoms with van der Waals surface area (Å²) in [4.78, 5) is 12.3. The molecule has 1 saturated heterocycles. The van der Waals surface area contributed by atoms with Gasteiger partial charge in [-0.05, 0) is 49.9 Å². The second-order valence-corrected chi connectivity index (χ2v) is 8.35. The summed E-state index contributed by atoms with van der Waals surface area (Å²) in [5.41, 5.74) is 5.84. The molecule has 3 N–H and O–H groups in total. The van der Waals surface area contributed by atoms with Gasteiger partial charge in [-0.3, -0.25) is 5.41 Å². The number of nitrogens with one attached hydrogen (secondary N) is 2. The van der Waals surface area contributed by atoms with Gasteiger partial charge in [0, 0.05) is 25.3 Å². The highest BCUT2D eigenvalue weighted by Crippen LogP contribution is 2.30. The van der Waals surface area contributed by atoms with Crippen LogP contribution in [-0.4, -0.2) is 45.4 Å². The molecule has 0 spiro atoms. The second kappa shape index (κ2) is 7.52. The van der Waals surface area contributed by atoms with Crippen molar-refractivity contribution in [1.82, 2.24) is 14.9 Å². The molecule has 3 heterocycles. The zero-order valence-corrected chi connectivity index (χ0v) is 17.3. The molecule has 1 fully saturated rings. The Labute approximate surface area is 176 Å². The van der Waals surface area contributed by atoms with Gasteiger partial charge in [0.05, 0.1) is 23.2 Å². The van der Waals surface area contributed by atoms with Crippen molar-refractivity contribution in [2.75, 3.05) is 24.5 Å². The van der Waals surface area contributed by atoms with Gasteiger partial charge >= 0.3 is 0 Å². The van der Waals surface area contributed by atoms with Gasteiger partial charge in [-0.25, -0.2) is 4.98 Å². The van der Waals surface area contributed by atoms with Crippen LogP contribution in [0.4, 0.5) is 5.69 Å². The number of aromatic nitrogens is 2. The first-order valence-electron chi connectivity index (χ1n) is 10.6. The third kappa shape index (κ3) is 3.43. The Morgan fingerprint density at radius 1 is 1.07 bits per heavy atom. The molecule has 2 aliphatic heterocycles. The van der Waals surface area contributed by atoms with Gasteiger partial charge in [-0.1, -0.05) is 29.8 Å². The first-order chi connectivity index (χ1) is 14.6. The number of aliphatic hydroxyl groups is 1. The molecule has 0 aliphatic carbocycles. The summed E-state index contributed by atoms with van der Waals surface area (Å²) < 4.78 is 0. The van der Waals surface area contributed by atoms with Crippen LogP contribution in [0.1, 0.15) is 36.2 Å². The van der Waals surface area contributed by atoms with Crippen molar-refractivity contribution in [2.45, 2.75) is 32.7 Å². The van der Waals surface area contributed by atoms with Gasteiger partial charge in [0.1, 0.15) is 17.4 Å². The van der Waals surface area contributed by atoms with E-state index >= 15 is 0 Å². The van der Waals surface area contributed by atoms with E-state index in [9.17, 15) is 5.11 Å². The number of rotatable bonds is 4. The molecule has 2 aliphatic rings. The summed E-state index contributed by atoms with van der Waals surface area (Å²) >= 11 is 0. The second-order valence-electron chi connectivity index (χ2n) is 8.35. The fourth-order valence-corrected chi connectivity index (χ4v) is 4.40. The molecule has 5 rings (SSSR count). The minimum atomic E-state index is 0.197. The van der Waals surface area contributed by atoms with Crippen molar-refractivity contribution in [3.05, 3.63) is 65.2 Å². The summed E-state index contributed by atoms with van der Waals surface area (Å²) in [6, 6.07) is 14.6. The van der Waals surface area contributed by atoms with Gasteiger partial charge < -0.3 is 19.9 Å². The van der Waals surface area contributed by atoms with Crippen molar-refractivity contribution in [3.8, 4) is 0 Å². The molecule has 30 heavy (non-hydrogen) atoms. The van der Waals surface area contributed by atoms with Crippen molar-refractivity contribution in [2.24, 2.45) is 0 Å². The molecule has 3 aromatic rings. The van der Waals surface area contributed by atoms with Gasteiger partial charge in [-0.15, -0.1) is 0 Å². The van der Waals surface area contributed by atoms with E-state index in [0.717, 1.165) is 29.7 Å². The topological polar surface area (TPSA) is 79.2 Å². The molecule has 0 amide bonds. The first-order valence-corrected chi connectivity index (χ1v) is 10.6. The average molecular weight is 402 g/mol. The molecule has 6 heteroatoms. The maximum absolute atomic E-state index is 10.6. The number of benzene rings is 2. The average Bonchev–Trinajstić information content (AvgIpc) is 3.29. The van der Waals surface area contributed by atoms with Gasteiger partial charge in [0.25, 0.3) is 0 Å². The summed E-state index contributed by atoms with van der Waals surface area (Å²) in [7, 11) is 0. The van der Waals surface area contributed by atoms with Crippen LogP contribution in [0.25, 0.3) is 16.6 Å². The highest BCUT2D eigenvalue weighted by molar-refractivity contribution is 6.23. The predicted octanol–water partition coefficient (Wildman–Crippen LogP) is 4.62. The van der Waals surface area contributed by atoms with E-state index in [4.69, 9.17) is 5.41 Å². The van der Waals surface area contributed by atoms with Crippen molar-refractivity contribution in [3.63, 3.8) is 0 Å². The lowest BCUT2D eigenvalue weighted by Gasteiger charge is -2.28. The highest BCUT2D eigenvalue weighted by atomic mass is 16.3. The lowest BCUT2D eigenvalue weighted by atomic mass is 10.1. The Kier molecular flexibility index (Phi) is 4.69. The number of amidine groups is 1. The molecule has 0 radical (unpaired) electrons. The minimum Gasteiger partial charge on any atom is -0.510 e. The molecule has 0 unspecified atom stereocenters. The Morgan fingerprint density at radius 3 is 2.60 bits per heavy atom. The number of anilines is 1. The van der Waals surface area contributed by atoms with E-state index in [-0.39, 0.29) is 5.76 Å². The number of aryl methyl sites for hydroxylation is 1. The van der Waals surface area contributed by atoms with Crippen LogP contribution in [0.15, 0.2) is 48.2 Å². The van der Waals surface area contributed by atoms with Crippen molar-refractivity contribution in [1.29, 1.82) is 5.41 Å².